The highest BCUT2D eigenvalue weighted by molar-refractivity contribution is 6.51. The number of methoxy groups -OCH3 is 3. The minimum Gasteiger partial charge on any atom is -0.493 e. The van der Waals surface area contributed by atoms with Crippen LogP contribution in [0.1, 0.15) is 22.9 Å². The third-order valence-corrected chi connectivity index (χ3v) is 8.28. The van der Waals surface area contributed by atoms with E-state index in [1.54, 1.807) is 21.3 Å². The van der Waals surface area contributed by atoms with Gasteiger partial charge in [0.05, 0.1) is 50.1 Å². The minimum absolute atomic E-state index is 0.190. The third kappa shape index (κ3) is 4.31. The highest BCUT2D eigenvalue weighted by atomic mass is 16.7. The number of para-hydroxylation sites is 3. The lowest BCUT2D eigenvalue weighted by atomic mass is 9.92. The maximum atomic E-state index is 5.81. The van der Waals surface area contributed by atoms with Gasteiger partial charge in [-0.1, -0.05) is 30.3 Å². The van der Waals surface area contributed by atoms with E-state index in [1.807, 2.05) is 90.5 Å². The number of fused-ring (bicyclic) bond motifs is 5. The number of hydrogen-bond acceptors (Lipinski definition) is 10. The van der Waals surface area contributed by atoms with Crippen molar-refractivity contribution in [2.24, 2.45) is 9.98 Å². The van der Waals surface area contributed by atoms with Gasteiger partial charge in [-0.15, -0.1) is 0 Å². The van der Waals surface area contributed by atoms with Crippen LogP contribution in [-0.2, 0) is 0 Å². The second-order valence-corrected chi connectivity index (χ2v) is 10.9. The monoisotopic (exact) mass is 614 g/mol. The maximum Gasteiger partial charge on any atom is 0.231 e. The first-order chi connectivity index (χ1) is 22.6. The number of ether oxygens (including phenoxy) is 5. The van der Waals surface area contributed by atoms with Crippen molar-refractivity contribution in [1.29, 1.82) is 0 Å². The van der Waals surface area contributed by atoms with E-state index in [2.05, 4.69) is 16.3 Å². The summed E-state index contributed by atoms with van der Waals surface area (Å²) in [6.45, 7) is 2.20. The first-order valence-electron chi connectivity index (χ1n) is 14.8. The van der Waals surface area contributed by atoms with Gasteiger partial charge >= 0.3 is 0 Å². The molecule has 1 atom stereocenters. The van der Waals surface area contributed by atoms with Crippen LogP contribution < -0.4 is 33.9 Å². The molecule has 0 unspecified atom stereocenters. The first kappa shape index (κ1) is 27.6. The molecule has 4 aromatic carbocycles. The fourth-order valence-corrected chi connectivity index (χ4v) is 6.23. The van der Waals surface area contributed by atoms with Gasteiger partial charge in [0.15, 0.2) is 40.5 Å². The molecule has 1 N–H and O–H groups in total. The fourth-order valence-electron chi connectivity index (χ4n) is 6.23. The van der Waals surface area contributed by atoms with Crippen LogP contribution in [0.5, 0.6) is 28.7 Å². The van der Waals surface area contributed by atoms with Gasteiger partial charge in [0.2, 0.25) is 12.5 Å². The molecular weight excluding hydrogens is 584 g/mol. The zero-order chi connectivity index (χ0) is 31.4. The van der Waals surface area contributed by atoms with Gasteiger partial charge in [0, 0.05) is 17.3 Å². The molecule has 0 bridgehead atoms. The largest absolute Gasteiger partial charge is 0.493 e. The Morgan fingerprint density at radius 3 is 2.30 bits per heavy atom. The number of aliphatic imine (C=N–C) groups is 2. The number of anilines is 2. The van der Waals surface area contributed by atoms with Gasteiger partial charge < -0.3 is 33.9 Å². The summed E-state index contributed by atoms with van der Waals surface area (Å²) in [6.07, 6.45) is 0. The minimum atomic E-state index is -0.390. The maximum absolute atomic E-state index is 5.81. The zero-order valence-electron chi connectivity index (χ0n) is 25.6. The number of amidine groups is 2. The molecule has 3 aliphatic rings. The van der Waals surface area contributed by atoms with Crippen LogP contribution in [0.15, 0.2) is 94.9 Å². The van der Waals surface area contributed by atoms with Crippen LogP contribution in [-0.4, -0.2) is 49.6 Å². The highest BCUT2D eigenvalue weighted by Gasteiger charge is 2.42. The Morgan fingerprint density at radius 1 is 0.804 bits per heavy atom. The van der Waals surface area contributed by atoms with Crippen LogP contribution in [0.2, 0.25) is 0 Å². The number of benzene rings is 4. The van der Waals surface area contributed by atoms with Crippen molar-refractivity contribution in [3.63, 3.8) is 0 Å². The Hall–Kier alpha value is -5.97. The van der Waals surface area contributed by atoms with Gasteiger partial charge in [-0.05, 0) is 61.0 Å². The van der Waals surface area contributed by atoms with Gasteiger partial charge in [0.1, 0.15) is 0 Å². The van der Waals surface area contributed by atoms with E-state index in [9.17, 15) is 0 Å². The summed E-state index contributed by atoms with van der Waals surface area (Å²) in [4.78, 5) is 12.6. The second-order valence-electron chi connectivity index (χ2n) is 10.9. The van der Waals surface area contributed by atoms with E-state index in [1.165, 1.54) is 0 Å². The summed E-state index contributed by atoms with van der Waals surface area (Å²) in [5, 5.41) is 8.55. The van der Waals surface area contributed by atoms with Crippen molar-refractivity contribution < 1.29 is 23.7 Å². The number of aromatic nitrogens is 2. The standard InChI is InChI=1S/C35H30N6O5/c1-20-30-31(21-16-28(42-2)32(44-4)29(17-21)43-3)40-25-13-9-8-12-24(25)37-33(36-22-14-15-26-27(18-22)46-19-45-26)35(40)38-34(30)41(39-20)23-10-6-5-7-11-23/h5-18,31H,19H2,1-4H3,(H,36,37)/t31-/m1/s1. The van der Waals surface area contributed by atoms with Gasteiger partial charge in [-0.2, -0.15) is 5.10 Å². The summed E-state index contributed by atoms with van der Waals surface area (Å²) in [6, 6.07) is 27.3. The number of nitrogens with one attached hydrogen (secondary N) is 1. The number of hydrogen-bond donors (Lipinski definition) is 1. The van der Waals surface area contributed by atoms with Crippen molar-refractivity contribution in [3.8, 4) is 34.4 Å². The molecule has 0 amide bonds. The molecule has 3 aliphatic heterocycles. The van der Waals surface area contributed by atoms with Crippen molar-refractivity contribution in [2.75, 3.05) is 38.3 Å². The first-order valence-corrected chi connectivity index (χ1v) is 14.8. The lowest BCUT2D eigenvalue weighted by molar-refractivity contribution is 0.174. The smallest absolute Gasteiger partial charge is 0.231 e. The van der Waals surface area contributed by atoms with Gasteiger partial charge in [0.25, 0.3) is 0 Å². The van der Waals surface area contributed by atoms with Crippen molar-refractivity contribution in [2.45, 2.75) is 13.0 Å². The summed E-state index contributed by atoms with van der Waals surface area (Å²) in [5.41, 5.74) is 6.05. The number of rotatable bonds is 6. The molecule has 11 nitrogen and oxygen atoms in total. The Morgan fingerprint density at radius 2 is 1.54 bits per heavy atom. The molecule has 0 spiro atoms. The van der Waals surface area contributed by atoms with Crippen LogP contribution >= 0.6 is 0 Å². The van der Waals surface area contributed by atoms with E-state index in [-0.39, 0.29) is 12.8 Å². The Kier molecular flexibility index (Phi) is 6.52. The van der Waals surface area contributed by atoms with Crippen molar-refractivity contribution in [3.05, 3.63) is 102 Å². The Bertz CT molecular complexity index is 2030. The molecule has 8 rings (SSSR count). The molecule has 0 aliphatic carbocycles. The quantitative estimate of drug-likeness (QED) is 0.225. The topological polar surface area (TPSA) is 104 Å². The molecule has 11 heteroatoms. The summed E-state index contributed by atoms with van der Waals surface area (Å²) in [5.74, 6) is 4.88. The van der Waals surface area contributed by atoms with E-state index in [0.29, 0.717) is 46.2 Å². The van der Waals surface area contributed by atoms with Crippen LogP contribution in [0.25, 0.3) is 5.69 Å². The van der Waals surface area contributed by atoms with E-state index in [4.69, 9.17) is 38.8 Å². The van der Waals surface area contributed by atoms with E-state index in [0.717, 1.165) is 39.6 Å². The molecule has 0 saturated carbocycles. The number of nitrogens with zero attached hydrogens (tertiary/aromatic N) is 5. The molecule has 0 saturated heterocycles. The molecule has 46 heavy (non-hydrogen) atoms. The predicted octanol–water partition coefficient (Wildman–Crippen LogP) is 6.73. The van der Waals surface area contributed by atoms with Crippen LogP contribution in [0, 0.1) is 6.92 Å². The van der Waals surface area contributed by atoms with Crippen molar-refractivity contribution in [1.82, 2.24) is 9.78 Å². The lowest BCUT2D eigenvalue weighted by Crippen LogP contribution is -2.46. The number of aryl methyl sites for hydroxylation is 1. The molecule has 1 aromatic heterocycles. The second kappa shape index (κ2) is 10.9. The average molecular weight is 615 g/mol. The highest BCUT2D eigenvalue weighted by Crippen LogP contribution is 2.51. The van der Waals surface area contributed by atoms with Crippen LogP contribution in [0.4, 0.5) is 22.9 Å². The third-order valence-electron chi connectivity index (χ3n) is 8.28. The van der Waals surface area contributed by atoms with E-state index < -0.39 is 0 Å². The van der Waals surface area contributed by atoms with Crippen molar-refractivity contribution >= 4 is 34.6 Å². The van der Waals surface area contributed by atoms with Crippen LogP contribution in [0.3, 0.4) is 0 Å². The SMILES string of the molecule is COc1cc([C@@H]2c3c(C)nn(-c4ccccc4)c3N=C3C(Nc4ccc5c(c4)OCO5)=Nc4ccccc4N32)cc(OC)c1OC. The summed E-state index contributed by atoms with van der Waals surface area (Å²) >= 11 is 0. The summed E-state index contributed by atoms with van der Waals surface area (Å²) < 4.78 is 30.4. The average Bonchev–Trinajstić information content (AvgIpc) is 3.70. The molecule has 230 valence electrons. The molecular formula is C35H30N6O5. The molecule has 4 heterocycles. The molecule has 0 fully saturated rings. The van der Waals surface area contributed by atoms with Gasteiger partial charge in [-0.3, -0.25) is 0 Å². The van der Waals surface area contributed by atoms with E-state index >= 15 is 0 Å². The molecule has 5 aromatic rings. The Labute approximate surface area is 265 Å². The summed E-state index contributed by atoms with van der Waals surface area (Å²) in [7, 11) is 4.84. The molecule has 0 radical (unpaired) electrons. The predicted molar refractivity (Wildman–Crippen MR) is 176 cm³/mol. The zero-order valence-corrected chi connectivity index (χ0v) is 25.6. The Balaban J connectivity index is 1.38. The lowest BCUT2D eigenvalue weighted by Gasteiger charge is -2.40. The normalized spacial score (nSPS) is 15.7. The van der Waals surface area contributed by atoms with Gasteiger partial charge in [-0.25, -0.2) is 14.7 Å². The fraction of sp³-hybridized carbons (Fsp3) is 0.171.